The van der Waals surface area contributed by atoms with Crippen molar-refractivity contribution in [3.63, 3.8) is 0 Å². The van der Waals surface area contributed by atoms with E-state index in [4.69, 9.17) is 0 Å². The van der Waals surface area contributed by atoms with Gasteiger partial charge in [-0.15, -0.1) is 0 Å². The summed E-state index contributed by atoms with van der Waals surface area (Å²) in [6.45, 7) is -0.565. The molecule has 5 nitrogen and oxygen atoms in total. The second-order valence-corrected chi connectivity index (χ2v) is 6.52. The van der Waals surface area contributed by atoms with Gasteiger partial charge in [0, 0.05) is 23.7 Å². The summed E-state index contributed by atoms with van der Waals surface area (Å²) in [5.74, 6) is -3.62. The summed E-state index contributed by atoms with van der Waals surface area (Å²) in [7, 11) is 0. The van der Waals surface area contributed by atoms with E-state index < -0.39 is 18.4 Å². The average molecular weight is 419 g/mol. The molecule has 30 heavy (non-hydrogen) atoms. The Morgan fingerprint density at radius 2 is 1.83 bits per heavy atom. The van der Waals surface area contributed by atoms with Crippen molar-refractivity contribution < 1.29 is 27.1 Å². The van der Waals surface area contributed by atoms with Gasteiger partial charge in [-0.2, -0.15) is 8.78 Å². The minimum Gasteiger partial charge on any atom is -0.435 e. The molecular formula is C21H17F4N3O2. The molecule has 0 saturated heterocycles. The minimum absolute atomic E-state index is 0.00863. The number of nitrogens with one attached hydrogen (secondary N) is 1. The Labute approximate surface area is 169 Å². The summed E-state index contributed by atoms with van der Waals surface area (Å²) in [5, 5.41) is 2.53. The maximum absolute atomic E-state index is 13.5. The molecule has 0 radical (unpaired) electrons. The monoisotopic (exact) mass is 419 g/mol. The van der Waals surface area contributed by atoms with Crippen LogP contribution in [0.15, 0.2) is 54.7 Å². The fourth-order valence-corrected chi connectivity index (χ4v) is 2.71. The largest absolute Gasteiger partial charge is 0.435 e. The number of anilines is 1. The first-order chi connectivity index (χ1) is 14.1. The topological polar surface area (TPSA) is 64.1 Å². The molecule has 0 aliphatic heterocycles. The van der Waals surface area contributed by atoms with Crippen molar-refractivity contribution in [3.8, 4) is 17.0 Å². The summed E-state index contributed by atoms with van der Waals surface area (Å²) in [5.41, 5.74) is 1.36. The van der Waals surface area contributed by atoms with Crippen LogP contribution in [0.1, 0.15) is 28.7 Å². The fraction of sp³-hybridized carbons (Fsp3) is 0.190. The van der Waals surface area contributed by atoms with Crippen LogP contribution >= 0.6 is 0 Å². The zero-order valence-corrected chi connectivity index (χ0v) is 16.0. The van der Waals surface area contributed by atoms with Crippen LogP contribution in [0.2, 0.25) is 0 Å². The van der Waals surface area contributed by atoms with E-state index in [0.717, 1.165) is 6.92 Å². The van der Waals surface area contributed by atoms with Gasteiger partial charge in [0.1, 0.15) is 11.4 Å². The number of nitrogens with zero attached hydrogens (tertiary/aromatic N) is 2. The van der Waals surface area contributed by atoms with Crippen molar-refractivity contribution in [2.45, 2.75) is 26.4 Å². The van der Waals surface area contributed by atoms with Gasteiger partial charge in [0.25, 0.3) is 11.8 Å². The number of halogens is 4. The van der Waals surface area contributed by atoms with E-state index in [2.05, 4.69) is 20.0 Å². The van der Waals surface area contributed by atoms with E-state index in [1.165, 1.54) is 54.7 Å². The Morgan fingerprint density at radius 1 is 1.13 bits per heavy atom. The lowest BCUT2D eigenvalue weighted by Gasteiger charge is -2.13. The standard InChI is InChI=1S/C21H17F4N3O2/c1-12-18(19(29)28-15-5-3-4-14(10-15)21(2,24)25)26-11-17(27-12)13-6-8-16(9-7-13)30-20(22)23/h3-11,20H,1-2H3,(H,28,29). The Kier molecular flexibility index (Phi) is 6.00. The van der Waals surface area contributed by atoms with Crippen LogP contribution in [0.25, 0.3) is 11.3 Å². The molecule has 0 aliphatic carbocycles. The first-order valence-corrected chi connectivity index (χ1v) is 8.82. The second-order valence-electron chi connectivity index (χ2n) is 6.52. The SMILES string of the molecule is Cc1nc(-c2ccc(OC(F)F)cc2)cnc1C(=O)Nc1cccc(C(C)(F)F)c1. The Balaban J connectivity index is 1.77. The van der Waals surface area contributed by atoms with Crippen molar-refractivity contribution in [1.82, 2.24) is 9.97 Å². The quantitative estimate of drug-likeness (QED) is 0.542. The number of alkyl halides is 4. The maximum atomic E-state index is 13.5. The molecule has 2 aromatic carbocycles. The molecule has 156 valence electrons. The number of ether oxygens (including phenoxy) is 1. The number of carbonyl (C=O) groups excluding carboxylic acids is 1. The zero-order chi connectivity index (χ0) is 21.9. The first kappa shape index (κ1) is 21.2. The van der Waals surface area contributed by atoms with Gasteiger partial charge in [-0.3, -0.25) is 4.79 Å². The van der Waals surface area contributed by atoms with Crippen LogP contribution in [-0.4, -0.2) is 22.5 Å². The van der Waals surface area contributed by atoms with Crippen molar-refractivity contribution in [2.24, 2.45) is 0 Å². The summed E-state index contributed by atoms with van der Waals surface area (Å²) in [6.07, 6.45) is 1.36. The van der Waals surface area contributed by atoms with Crippen LogP contribution in [-0.2, 0) is 5.92 Å². The van der Waals surface area contributed by atoms with Gasteiger partial charge in [-0.05, 0) is 43.3 Å². The van der Waals surface area contributed by atoms with Crippen molar-refractivity contribution in [1.29, 1.82) is 0 Å². The van der Waals surface area contributed by atoms with Gasteiger partial charge >= 0.3 is 6.61 Å². The van der Waals surface area contributed by atoms with Crippen LogP contribution in [0, 0.1) is 6.92 Å². The number of rotatable bonds is 6. The highest BCUT2D eigenvalue weighted by Gasteiger charge is 2.24. The van der Waals surface area contributed by atoms with Crippen LogP contribution in [0.4, 0.5) is 23.2 Å². The number of hydrogen-bond acceptors (Lipinski definition) is 4. The number of benzene rings is 2. The Bertz CT molecular complexity index is 1050. The van der Waals surface area contributed by atoms with Crippen LogP contribution in [0.3, 0.4) is 0 Å². The summed E-state index contributed by atoms with van der Waals surface area (Å²) in [4.78, 5) is 20.9. The van der Waals surface area contributed by atoms with Gasteiger partial charge in [0.05, 0.1) is 17.6 Å². The molecule has 3 aromatic rings. The third kappa shape index (κ3) is 5.11. The normalized spacial score (nSPS) is 11.4. The predicted octanol–water partition coefficient (Wildman–Crippen LogP) is 5.42. The number of hydrogen-bond donors (Lipinski definition) is 1. The summed E-state index contributed by atoms with van der Waals surface area (Å²) < 4.78 is 55.7. The number of aryl methyl sites for hydroxylation is 1. The minimum atomic E-state index is -3.03. The summed E-state index contributed by atoms with van der Waals surface area (Å²) >= 11 is 0. The third-order valence-corrected chi connectivity index (χ3v) is 4.16. The van der Waals surface area contributed by atoms with E-state index in [-0.39, 0.29) is 22.7 Å². The molecule has 3 rings (SSSR count). The van der Waals surface area contributed by atoms with Gasteiger partial charge in [-0.1, -0.05) is 12.1 Å². The molecule has 0 aliphatic rings. The van der Waals surface area contributed by atoms with Crippen LogP contribution in [0.5, 0.6) is 5.75 Å². The lowest BCUT2D eigenvalue weighted by molar-refractivity contribution is -0.0498. The van der Waals surface area contributed by atoms with Gasteiger partial charge in [-0.25, -0.2) is 18.7 Å². The van der Waals surface area contributed by atoms with Crippen LogP contribution < -0.4 is 10.1 Å². The zero-order valence-electron chi connectivity index (χ0n) is 16.0. The average Bonchev–Trinajstić information content (AvgIpc) is 2.67. The molecular weight excluding hydrogens is 402 g/mol. The van der Waals surface area contributed by atoms with E-state index in [1.807, 2.05) is 0 Å². The van der Waals surface area contributed by atoms with Crippen molar-refractivity contribution in [3.05, 3.63) is 71.7 Å². The number of carbonyl (C=O) groups is 1. The molecule has 0 atom stereocenters. The highest BCUT2D eigenvalue weighted by atomic mass is 19.3. The molecule has 9 heteroatoms. The maximum Gasteiger partial charge on any atom is 0.387 e. The number of amides is 1. The summed E-state index contributed by atoms with van der Waals surface area (Å²) in [6, 6.07) is 11.2. The van der Waals surface area contributed by atoms with Crippen molar-refractivity contribution >= 4 is 11.6 Å². The third-order valence-electron chi connectivity index (χ3n) is 4.16. The van der Waals surface area contributed by atoms with Gasteiger partial charge in [0.2, 0.25) is 0 Å². The fourth-order valence-electron chi connectivity index (χ4n) is 2.71. The molecule has 0 unspecified atom stereocenters. The molecule has 1 heterocycles. The van der Waals surface area contributed by atoms with E-state index in [1.54, 1.807) is 6.92 Å². The molecule has 1 N–H and O–H groups in total. The van der Waals surface area contributed by atoms with Gasteiger partial charge < -0.3 is 10.1 Å². The highest BCUT2D eigenvalue weighted by Crippen LogP contribution is 2.29. The Morgan fingerprint density at radius 3 is 2.43 bits per heavy atom. The molecule has 0 bridgehead atoms. The molecule has 0 spiro atoms. The highest BCUT2D eigenvalue weighted by molar-refractivity contribution is 6.03. The first-order valence-electron chi connectivity index (χ1n) is 8.82. The molecule has 1 aromatic heterocycles. The Hall–Kier alpha value is -3.49. The van der Waals surface area contributed by atoms with E-state index >= 15 is 0 Å². The smallest absolute Gasteiger partial charge is 0.387 e. The van der Waals surface area contributed by atoms with E-state index in [9.17, 15) is 22.4 Å². The lowest BCUT2D eigenvalue weighted by atomic mass is 10.1. The molecule has 0 saturated carbocycles. The number of aromatic nitrogens is 2. The lowest BCUT2D eigenvalue weighted by Crippen LogP contribution is -2.17. The van der Waals surface area contributed by atoms with Gasteiger partial charge in [0.15, 0.2) is 0 Å². The van der Waals surface area contributed by atoms with Crippen molar-refractivity contribution in [2.75, 3.05) is 5.32 Å². The molecule has 1 amide bonds. The molecule has 0 fully saturated rings. The second kappa shape index (κ2) is 8.48. The van der Waals surface area contributed by atoms with E-state index in [0.29, 0.717) is 17.0 Å². The predicted molar refractivity (Wildman–Crippen MR) is 103 cm³/mol.